The highest BCUT2D eigenvalue weighted by Gasteiger charge is 2.55. The van der Waals surface area contributed by atoms with Crippen molar-refractivity contribution >= 4 is 46.2 Å². The Morgan fingerprint density at radius 1 is 0.366 bits per heavy atom. The molecule has 7 aromatic carbocycles. The Bertz CT molecular complexity index is 3610. The first kappa shape index (κ1) is 43.9. The van der Waals surface area contributed by atoms with Crippen LogP contribution in [0.2, 0.25) is 0 Å². The number of nitrogens with zero attached hydrogens (tertiary/aromatic N) is 2. The number of hydrogen-bond donors (Lipinski definition) is 0. The van der Waals surface area contributed by atoms with Gasteiger partial charge in [0.1, 0.15) is 0 Å². The standard InChI is InChI=1S/C68H71BN2/c1-38-31-50-53(65(8,9)30-27-62(50,2)3)37-56(38)70-57-34-42-41-33-51-52(64(6,7)29-28-63(51,4)5)35-48(41)67(12,13)49(42)36-54(57)69-59-44(32-43-39-21-16-17-23-45(39)68(14,15)58(43)61(59)70)40-22-20-25-47-60(40)71(69)55-26-19-18-24-46(55)66(47,10)11/h16-26,31-37H,27-30H2,1-15H3. The molecular formula is C68H71BN2. The third-order valence-corrected chi connectivity index (χ3v) is 20.4. The summed E-state index contributed by atoms with van der Waals surface area (Å²) in [5.41, 5.74) is 33.7. The van der Waals surface area contributed by atoms with Gasteiger partial charge in [0.15, 0.2) is 0 Å². The zero-order chi connectivity index (χ0) is 49.6. The van der Waals surface area contributed by atoms with Crippen LogP contribution in [0.1, 0.15) is 184 Å². The first-order valence-corrected chi connectivity index (χ1v) is 27.1. The van der Waals surface area contributed by atoms with E-state index >= 15 is 0 Å². The average molecular weight is 927 g/mol. The van der Waals surface area contributed by atoms with E-state index in [1.54, 1.807) is 5.56 Å². The van der Waals surface area contributed by atoms with E-state index < -0.39 is 0 Å². The summed E-state index contributed by atoms with van der Waals surface area (Å²) in [6, 6.07) is 44.7. The van der Waals surface area contributed by atoms with E-state index in [4.69, 9.17) is 0 Å². The molecule has 0 atom stereocenters. The molecule has 0 amide bonds. The fraction of sp³-hybridized carbons (Fsp3) is 0.382. The van der Waals surface area contributed by atoms with Gasteiger partial charge in [-0.15, -0.1) is 0 Å². The van der Waals surface area contributed by atoms with Crippen LogP contribution in [0.25, 0.3) is 33.4 Å². The molecule has 0 radical (unpaired) electrons. The van der Waals surface area contributed by atoms with Crippen LogP contribution in [0.3, 0.4) is 0 Å². The van der Waals surface area contributed by atoms with E-state index in [-0.39, 0.29) is 44.8 Å². The van der Waals surface area contributed by atoms with Gasteiger partial charge in [-0.1, -0.05) is 176 Å². The Balaban J connectivity index is 1.17. The summed E-state index contributed by atoms with van der Waals surface area (Å²) < 4.78 is 0. The maximum atomic E-state index is 2.84. The average Bonchev–Trinajstić information content (AvgIpc) is 3.69. The predicted octanol–water partition coefficient (Wildman–Crippen LogP) is 16.7. The van der Waals surface area contributed by atoms with Crippen molar-refractivity contribution in [2.45, 2.75) is 167 Å². The molecule has 7 aliphatic rings. The highest BCUT2D eigenvalue weighted by molar-refractivity contribution is 6.94. The summed E-state index contributed by atoms with van der Waals surface area (Å²) in [5, 5.41) is 0. The van der Waals surface area contributed by atoms with Crippen LogP contribution in [-0.4, -0.2) is 6.85 Å². The second kappa shape index (κ2) is 13.2. The molecule has 14 rings (SSSR count). The SMILES string of the molecule is Cc1cc2c(cc1N1c3cc4c(cc3B3c5c(cc6c(c51)C(C)(C)c1ccccc1-6)-c1cccc5c1N3c1ccccc1C5(C)C)C(C)(C)c1cc3c(cc1-4)C(C)(C)CCC3(C)C)C(C)(C)CCC2(C)C. The molecule has 3 aliphatic heterocycles. The lowest BCUT2D eigenvalue weighted by atomic mass is 9.41. The second-order valence-electron chi connectivity index (χ2n) is 27.5. The molecule has 71 heavy (non-hydrogen) atoms. The van der Waals surface area contributed by atoms with Gasteiger partial charge in [0.25, 0.3) is 0 Å². The van der Waals surface area contributed by atoms with E-state index in [0.717, 1.165) is 0 Å². The molecule has 4 aliphatic carbocycles. The summed E-state index contributed by atoms with van der Waals surface area (Å²) in [4.78, 5) is 5.67. The summed E-state index contributed by atoms with van der Waals surface area (Å²) in [6.07, 6.45) is 4.78. The largest absolute Gasteiger partial charge is 0.376 e. The third-order valence-electron chi connectivity index (χ3n) is 20.4. The van der Waals surface area contributed by atoms with Crippen molar-refractivity contribution in [3.05, 3.63) is 170 Å². The van der Waals surface area contributed by atoms with E-state index in [0.29, 0.717) is 0 Å². The van der Waals surface area contributed by atoms with Gasteiger partial charge in [0, 0.05) is 50.2 Å². The van der Waals surface area contributed by atoms with E-state index in [9.17, 15) is 0 Å². The van der Waals surface area contributed by atoms with Crippen molar-refractivity contribution in [1.82, 2.24) is 0 Å². The third kappa shape index (κ3) is 5.31. The van der Waals surface area contributed by atoms with Crippen molar-refractivity contribution < 1.29 is 0 Å². The van der Waals surface area contributed by atoms with E-state index in [1.165, 1.54) is 154 Å². The van der Waals surface area contributed by atoms with Crippen LogP contribution < -0.4 is 20.6 Å². The Morgan fingerprint density at radius 2 is 0.901 bits per heavy atom. The monoisotopic (exact) mass is 927 g/mol. The number of anilines is 5. The Morgan fingerprint density at radius 3 is 1.59 bits per heavy atom. The van der Waals surface area contributed by atoms with Crippen LogP contribution in [0.15, 0.2) is 109 Å². The van der Waals surface area contributed by atoms with Gasteiger partial charge in [-0.05, 0) is 185 Å². The topological polar surface area (TPSA) is 6.48 Å². The maximum Gasteiger partial charge on any atom is 0.333 e. The molecule has 2 nitrogen and oxygen atoms in total. The number of fused-ring (bicyclic) bond motifs is 15. The Labute approximate surface area is 425 Å². The molecule has 0 aromatic heterocycles. The van der Waals surface area contributed by atoms with Gasteiger partial charge in [-0.3, -0.25) is 0 Å². The number of aryl methyl sites for hydroxylation is 1. The molecule has 0 saturated heterocycles. The van der Waals surface area contributed by atoms with Gasteiger partial charge in [0.2, 0.25) is 0 Å². The minimum absolute atomic E-state index is 0.0439. The maximum absolute atomic E-state index is 2.84. The molecule has 0 fully saturated rings. The summed E-state index contributed by atoms with van der Waals surface area (Å²) in [7, 11) is 0. The molecule has 0 spiro atoms. The lowest BCUT2D eigenvalue weighted by Crippen LogP contribution is -2.63. The second-order valence-corrected chi connectivity index (χ2v) is 27.5. The number of para-hydroxylation sites is 2. The minimum Gasteiger partial charge on any atom is -0.376 e. The van der Waals surface area contributed by atoms with Gasteiger partial charge in [0.05, 0.1) is 0 Å². The molecule has 0 unspecified atom stereocenters. The van der Waals surface area contributed by atoms with Crippen molar-refractivity contribution in [3.63, 3.8) is 0 Å². The minimum atomic E-state index is -0.257. The quantitative estimate of drug-likeness (QED) is 0.151. The van der Waals surface area contributed by atoms with Gasteiger partial charge in [-0.25, -0.2) is 0 Å². The Kier molecular flexibility index (Phi) is 8.19. The predicted molar refractivity (Wildman–Crippen MR) is 303 cm³/mol. The first-order valence-electron chi connectivity index (χ1n) is 27.1. The van der Waals surface area contributed by atoms with Crippen LogP contribution >= 0.6 is 0 Å². The lowest BCUT2D eigenvalue weighted by molar-refractivity contribution is 0.331. The molecule has 356 valence electrons. The highest BCUT2D eigenvalue weighted by Crippen LogP contribution is 2.63. The van der Waals surface area contributed by atoms with Gasteiger partial charge >= 0.3 is 6.85 Å². The number of benzene rings is 7. The highest BCUT2D eigenvalue weighted by atomic mass is 15.2. The fourth-order valence-corrected chi connectivity index (χ4v) is 15.9. The molecule has 3 heterocycles. The molecule has 3 heteroatoms. The van der Waals surface area contributed by atoms with Crippen molar-refractivity contribution in [2.24, 2.45) is 0 Å². The lowest BCUT2D eigenvalue weighted by Gasteiger charge is -2.52. The van der Waals surface area contributed by atoms with Crippen molar-refractivity contribution in [2.75, 3.05) is 9.71 Å². The van der Waals surface area contributed by atoms with Crippen LogP contribution in [0.5, 0.6) is 0 Å². The van der Waals surface area contributed by atoms with Gasteiger partial charge in [-0.2, -0.15) is 0 Å². The van der Waals surface area contributed by atoms with Crippen molar-refractivity contribution in [3.8, 4) is 33.4 Å². The number of hydrogen-bond acceptors (Lipinski definition) is 2. The summed E-state index contributed by atoms with van der Waals surface area (Å²) in [6.45, 7) is 37.2. The zero-order valence-corrected chi connectivity index (χ0v) is 45.2. The van der Waals surface area contributed by atoms with Gasteiger partial charge < -0.3 is 9.71 Å². The zero-order valence-electron chi connectivity index (χ0n) is 45.2. The van der Waals surface area contributed by atoms with Crippen molar-refractivity contribution in [1.29, 1.82) is 0 Å². The van der Waals surface area contributed by atoms with E-state index in [2.05, 4.69) is 223 Å². The molecule has 0 bridgehead atoms. The summed E-state index contributed by atoms with van der Waals surface area (Å²) in [5.74, 6) is 0. The van der Waals surface area contributed by atoms with E-state index in [1.807, 2.05) is 0 Å². The molecule has 0 saturated carbocycles. The fourth-order valence-electron chi connectivity index (χ4n) is 15.9. The summed E-state index contributed by atoms with van der Waals surface area (Å²) >= 11 is 0. The van der Waals surface area contributed by atoms with Crippen LogP contribution in [0, 0.1) is 6.92 Å². The van der Waals surface area contributed by atoms with Crippen LogP contribution in [-0.2, 0) is 37.9 Å². The first-order chi connectivity index (χ1) is 33.4. The number of rotatable bonds is 1. The smallest absolute Gasteiger partial charge is 0.333 e. The molecule has 0 N–H and O–H groups in total. The van der Waals surface area contributed by atoms with Crippen LogP contribution in [0.4, 0.5) is 28.4 Å². The Hall–Kier alpha value is -5.80. The normalized spacial score (nSPS) is 21.1. The molecular weight excluding hydrogens is 856 g/mol. The molecule has 7 aromatic rings.